The first-order valence-electron chi connectivity index (χ1n) is 8.83. The third-order valence-electron chi connectivity index (χ3n) is 4.75. The van der Waals surface area contributed by atoms with Crippen molar-refractivity contribution in [2.24, 2.45) is 7.05 Å². The van der Waals surface area contributed by atoms with Crippen molar-refractivity contribution in [3.8, 4) is 0 Å². The first kappa shape index (κ1) is 19.2. The molecular weight excluding hydrogens is 353 g/mol. The van der Waals surface area contributed by atoms with Crippen molar-refractivity contribution < 1.29 is 8.60 Å². The van der Waals surface area contributed by atoms with Crippen molar-refractivity contribution in [1.29, 1.82) is 0 Å². The largest absolute Gasteiger partial charge is 0.297 e. The van der Waals surface area contributed by atoms with Crippen molar-refractivity contribution in [3.05, 3.63) is 39.4 Å². The number of aromatic nitrogens is 2. The molecule has 2 atom stereocenters. The summed E-state index contributed by atoms with van der Waals surface area (Å²) in [5.41, 5.74) is 0.415. The van der Waals surface area contributed by atoms with Gasteiger partial charge in [-0.25, -0.2) is 18.3 Å². The van der Waals surface area contributed by atoms with Crippen molar-refractivity contribution in [3.63, 3.8) is 0 Å². The van der Waals surface area contributed by atoms with Crippen molar-refractivity contribution in [2.45, 2.75) is 63.9 Å². The maximum atomic E-state index is 14.7. The summed E-state index contributed by atoms with van der Waals surface area (Å²) >= 11 is 0. The lowest BCUT2D eigenvalue weighted by molar-refractivity contribution is 0.290. The number of alkyl halides is 1. The summed E-state index contributed by atoms with van der Waals surface area (Å²) in [5, 5.41) is 0.464. The number of hydrogen-bond acceptors (Lipinski definition) is 3. The van der Waals surface area contributed by atoms with E-state index >= 15 is 0 Å². The van der Waals surface area contributed by atoms with E-state index in [0.717, 1.165) is 11.1 Å². The third-order valence-corrected chi connectivity index (χ3v) is 6.43. The van der Waals surface area contributed by atoms with E-state index in [1.165, 1.54) is 4.57 Å². The zero-order chi connectivity index (χ0) is 19.4. The molecule has 2 aromatic rings. The van der Waals surface area contributed by atoms with Crippen LogP contribution in [0.3, 0.4) is 0 Å². The SMILES string of the molecule is Cc1cc([C@@H](C)N[S@](=O)C(C)(C)C)c2nc(C3(F)CC3)n(C)c(=O)c2c1. The van der Waals surface area contributed by atoms with Gasteiger partial charge in [0.1, 0.15) is 5.82 Å². The lowest BCUT2D eigenvalue weighted by atomic mass is 10.0. The normalized spacial score (nSPS) is 18.7. The molecule has 1 aromatic carbocycles. The monoisotopic (exact) mass is 379 g/mol. The lowest BCUT2D eigenvalue weighted by Gasteiger charge is -2.23. The van der Waals surface area contributed by atoms with E-state index in [0.29, 0.717) is 23.7 Å². The van der Waals surface area contributed by atoms with Gasteiger partial charge in [0.2, 0.25) is 0 Å². The second kappa shape index (κ2) is 6.23. The molecule has 3 rings (SSSR count). The van der Waals surface area contributed by atoms with Gasteiger partial charge in [-0.2, -0.15) is 0 Å². The zero-order valence-corrected chi connectivity index (χ0v) is 17.0. The summed E-state index contributed by atoms with van der Waals surface area (Å²) < 4.78 is 31.2. The van der Waals surface area contributed by atoms with Crippen LogP contribution >= 0.6 is 0 Å². The van der Waals surface area contributed by atoms with Crippen LogP contribution in [0, 0.1) is 6.92 Å². The molecule has 1 saturated carbocycles. The summed E-state index contributed by atoms with van der Waals surface area (Å²) in [6.07, 6.45) is 0.781. The number of fused-ring (bicyclic) bond motifs is 1. The Kier molecular flexibility index (Phi) is 4.60. The Bertz CT molecular complexity index is 958. The third kappa shape index (κ3) is 3.34. The van der Waals surface area contributed by atoms with E-state index in [4.69, 9.17) is 0 Å². The Balaban J connectivity index is 2.17. The molecule has 26 heavy (non-hydrogen) atoms. The topological polar surface area (TPSA) is 64.0 Å². The van der Waals surface area contributed by atoms with E-state index in [2.05, 4.69) is 9.71 Å². The number of hydrogen-bond donors (Lipinski definition) is 1. The van der Waals surface area contributed by atoms with Crippen LogP contribution in [0.1, 0.15) is 63.5 Å². The van der Waals surface area contributed by atoms with Gasteiger partial charge in [-0.15, -0.1) is 0 Å². The second-order valence-corrected chi connectivity index (χ2v) is 10.2. The number of aryl methyl sites for hydroxylation is 1. The minimum absolute atomic E-state index is 0.184. The average molecular weight is 380 g/mol. The Morgan fingerprint density at radius 3 is 2.50 bits per heavy atom. The van der Waals surface area contributed by atoms with E-state index in [1.807, 2.05) is 40.7 Å². The van der Waals surface area contributed by atoms with Crippen molar-refractivity contribution in [1.82, 2.24) is 14.3 Å². The lowest BCUT2D eigenvalue weighted by Crippen LogP contribution is -2.35. The van der Waals surface area contributed by atoms with E-state index in [1.54, 1.807) is 13.1 Å². The minimum atomic E-state index is -1.50. The van der Waals surface area contributed by atoms with Gasteiger partial charge in [0.05, 0.1) is 26.6 Å². The smallest absolute Gasteiger partial charge is 0.261 e. The highest BCUT2D eigenvalue weighted by Crippen LogP contribution is 2.48. The number of rotatable bonds is 4. The van der Waals surface area contributed by atoms with Crippen LogP contribution in [0.25, 0.3) is 10.9 Å². The highest BCUT2D eigenvalue weighted by atomic mass is 32.2. The number of nitrogens with one attached hydrogen (secondary N) is 1. The summed E-state index contributed by atoms with van der Waals surface area (Å²) in [6.45, 7) is 9.47. The van der Waals surface area contributed by atoms with Gasteiger partial charge in [-0.05, 0) is 64.7 Å². The molecule has 142 valence electrons. The maximum absolute atomic E-state index is 14.7. The summed E-state index contributed by atoms with van der Waals surface area (Å²) in [6, 6.07) is 3.41. The first-order valence-corrected chi connectivity index (χ1v) is 9.98. The van der Waals surface area contributed by atoms with Gasteiger partial charge < -0.3 is 0 Å². The van der Waals surface area contributed by atoms with Crippen LogP contribution in [-0.2, 0) is 23.7 Å². The molecule has 0 saturated heterocycles. The number of halogens is 1. The molecule has 5 nitrogen and oxygen atoms in total. The molecule has 1 aromatic heterocycles. The Labute approximate surface area is 155 Å². The standard InChI is InChI=1S/C19H26FN3O2S/c1-11-9-13(12(2)22-26(25)18(3,4)5)15-14(10-11)16(24)23(6)17(21-15)19(20)7-8-19/h9-10,12,22H,7-8H2,1-6H3/t12-,26-/m1/s1. The molecular formula is C19H26FN3O2S. The molecule has 0 amide bonds. The predicted octanol–water partition coefficient (Wildman–Crippen LogP) is 3.31. The average Bonchev–Trinajstić information content (AvgIpc) is 3.28. The van der Waals surface area contributed by atoms with Gasteiger partial charge >= 0.3 is 0 Å². The zero-order valence-electron chi connectivity index (χ0n) is 16.1. The maximum Gasteiger partial charge on any atom is 0.261 e. The molecule has 1 heterocycles. The fraction of sp³-hybridized carbons (Fsp3) is 0.579. The summed E-state index contributed by atoms with van der Waals surface area (Å²) in [5.74, 6) is 0.184. The Morgan fingerprint density at radius 1 is 1.35 bits per heavy atom. The molecule has 0 spiro atoms. The van der Waals surface area contributed by atoms with Gasteiger partial charge in [-0.3, -0.25) is 9.36 Å². The van der Waals surface area contributed by atoms with Crippen LogP contribution in [0.5, 0.6) is 0 Å². The molecule has 0 radical (unpaired) electrons. The van der Waals surface area contributed by atoms with E-state index in [-0.39, 0.29) is 17.4 Å². The Hall–Kier alpha value is -1.60. The second-order valence-electron chi connectivity index (χ2n) is 8.24. The van der Waals surface area contributed by atoms with Gasteiger partial charge in [-0.1, -0.05) is 6.07 Å². The molecule has 1 aliphatic carbocycles. The molecule has 1 N–H and O–H groups in total. The van der Waals surface area contributed by atoms with Gasteiger partial charge in [0.25, 0.3) is 5.56 Å². The van der Waals surface area contributed by atoms with Crippen LogP contribution in [0.2, 0.25) is 0 Å². The number of benzene rings is 1. The minimum Gasteiger partial charge on any atom is -0.297 e. The van der Waals surface area contributed by atoms with E-state index in [9.17, 15) is 13.4 Å². The Morgan fingerprint density at radius 2 is 1.96 bits per heavy atom. The van der Waals surface area contributed by atoms with Crippen LogP contribution in [0.4, 0.5) is 4.39 Å². The highest BCUT2D eigenvalue weighted by molar-refractivity contribution is 7.84. The summed E-state index contributed by atoms with van der Waals surface area (Å²) in [4.78, 5) is 17.4. The predicted molar refractivity (Wildman–Crippen MR) is 103 cm³/mol. The molecule has 0 aliphatic heterocycles. The molecule has 7 heteroatoms. The molecule has 0 bridgehead atoms. The van der Waals surface area contributed by atoms with Gasteiger partial charge in [0, 0.05) is 13.1 Å². The molecule has 1 aliphatic rings. The quantitative estimate of drug-likeness (QED) is 0.886. The van der Waals surface area contributed by atoms with Crippen molar-refractivity contribution >= 4 is 21.9 Å². The first-order chi connectivity index (χ1) is 11.9. The van der Waals surface area contributed by atoms with Gasteiger partial charge in [0.15, 0.2) is 5.67 Å². The molecule has 0 unspecified atom stereocenters. The number of nitrogens with zero attached hydrogens (tertiary/aromatic N) is 2. The fourth-order valence-electron chi connectivity index (χ4n) is 3.02. The van der Waals surface area contributed by atoms with Crippen LogP contribution < -0.4 is 10.3 Å². The van der Waals surface area contributed by atoms with Crippen LogP contribution in [-0.4, -0.2) is 18.5 Å². The summed E-state index contributed by atoms with van der Waals surface area (Å²) in [7, 11) is 0.299. The molecule has 1 fully saturated rings. The fourth-order valence-corrected chi connectivity index (χ4v) is 3.82. The van der Waals surface area contributed by atoms with Crippen molar-refractivity contribution in [2.75, 3.05) is 0 Å². The van der Waals surface area contributed by atoms with Crippen LogP contribution in [0.15, 0.2) is 16.9 Å². The van der Waals surface area contributed by atoms with E-state index < -0.39 is 21.4 Å². The highest BCUT2D eigenvalue weighted by Gasteiger charge is 2.48.